The van der Waals surface area contributed by atoms with Crippen molar-refractivity contribution < 1.29 is 14.3 Å². The maximum absolute atomic E-state index is 12.2. The number of piperazine rings is 1. The van der Waals surface area contributed by atoms with E-state index in [-0.39, 0.29) is 5.97 Å². The van der Waals surface area contributed by atoms with Crippen molar-refractivity contribution in [2.24, 2.45) is 0 Å². The predicted octanol–water partition coefficient (Wildman–Crippen LogP) is 11.1. The van der Waals surface area contributed by atoms with Crippen LogP contribution in [0.3, 0.4) is 0 Å². The first-order valence-electron chi connectivity index (χ1n) is 22.4. The fourth-order valence-corrected chi connectivity index (χ4v) is 8.67. The van der Waals surface area contributed by atoms with Gasteiger partial charge in [-0.25, -0.2) is 0 Å². The number of hydrogen-bond acceptors (Lipinski definition) is 8. The molecule has 7 nitrogen and oxygen atoms in total. The molecule has 1 saturated heterocycles. The van der Waals surface area contributed by atoms with E-state index in [4.69, 9.17) is 4.74 Å². The largest absolute Gasteiger partial charge is 0.466 e. The quantitative estimate of drug-likeness (QED) is 0.0277. The lowest BCUT2D eigenvalue weighted by atomic mass is 10.1. The molecule has 0 radical (unpaired) electrons. The minimum atomic E-state index is -0.0211. The van der Waals surface area contributed by atoms with Gasteiger partial charge in [0, 0.05) is 63.9 Å². The second kappa shape index (κ2) is 44.9. The topological polar surface area (TPSA) is 73.9 Å². The minimum Gasteiger partial charge on any atom is -0.466 e. The van der Waals surface area contributed by atoms with Crippen LogP contribution in [-0.4, -0.2) is 99.2 Å². The zero-order valence-electron chi connectivity index (χ0n) is 34.9. The number of carbonyl (C=O) groups is 2. The Balaban J connectivity index is 0.00000128. The highest BCUT2D eigenvalue weighted by Gasteiger charge is 2.10. The number of rotatable bonds is 39. The summed E-state index contributed by atoms with van der Waals surface area (Å²) in [5.74, 6) is 2.30. The van der Waals surface area contributed by atoms with Crippen LogP contribution < -0.4 is 10.6 Å². The highest BCUT2D eigenvalue weighted by atomic mass is 33.1. The van der Waals surface area contributed by atoms with Gasteiger partial charge in [-0.1, -0.05) is 184 Å². The summed E-state index contributed by atoms with van der Waals surface area (Å²) in [6.45, 7) is 17.0. The van der Waals surface area contributed by atoms with Gasteiger partial charge >= 0.3 is 5.97 Å². The summed E-state index contributed by atoms with van der Waals surface area (Å²) in [6.07, 6.45) is 34.8. The summed E-state index contributed by atoms with van der Waals surface area (Å²) in [6, 6.07) is 0. The monoisotopic (exact) mass is 773 g/mol. The zero-order valence-corrected chi connectivity index (χ0v) is 36.5. The third-order valence-corrected chi connectivity index (χ3v) is 12.3. The van der Waals surface area contributed by atoms with Crippen LogP contribution in [0.15, 0.2) is 0 Å². The summed E-state index contributed by atoms with van der Waals surface area (Å²) >= 11 is 0. The molecule has 9 heteroatoms. The van der Waals surface area contributed by atoms with E-state index in [1.807, 2.05) is 21.6 Å². The Morgan fingerprint density at radius 2 is 1.12 bits per heavy atom. The number of esters is 1. The van der Waals surface area contributed by atoms with Crippen LogP contribution in [0.1, 0.15) is 188 Å². The lowest BCUT2D eigenvalue weighted by molar-refractivity contribution is -0.144. The predicted molar refractivity (Wildman–Crippen MR) is 233 cm³/mol. The van der Waals surface area contributed by atoms with Crippen molar-refractivity contribution in [1.29, 1.82) is 0 Å². The summed E-state index contributed by atoms with van der Waals surface area (Å²) in [5.41, 5.74) is 0. The van der Waals surface area contributed by atoms with Gasteiger partial charge in [-0.15, -0.1) is 0 Å². The number of carbonyl (C=O) groups excluding carboxylic acids is 2. The Morgan fingerprint density at radius 1 is 0.635 bits per heavy atom. The molecule has 1 aliphatic heterocycles. The van der Waals surface area contributed by atoms with Crippen LogP contribution in [0.4, 0.5) is 0 Å². The zero-order chi connectivity index (χ0) is 37.8. The number of unbranched alkanes of at least 4 members (excludes halogenated alkanes) is 22. The lowest BCUT2D eigenvalue weighted by Gasteiger charge is -2.26. The van der Waals surface area contributed by atoms with E-state index < -0.39 is 0 Å². The smallest absolute Gasteiger partial charge is 0.307 e. The molecule has 0 aromatic carbocycles. The first-order chi connectivity index (χ1) is 25.7. The third kappa shape index (κ3) is 40.7. The van der Waals surface area contributed by atoms with E-state index in [2.05, 4.69) is 41.2 Å². The second-order valence-electron chi connectivity index (χ2n) is 14.9. The SMILES string of the molecule is CCCCCCCCCCCCCCNC=O.CCCCCCCCCCCCCCOC(=O)CCN(CCC)CCSSCCN1CCNCC1. The van der Waals surface area contributed by atoms with Crippen LogP contribution in [0.5, 0.6) is 0 Å². The molecule has 0 unspecified atom stereocenters. The highest BCUT2D eigenvalue weighted by Crippen LogP contribution is 2.21. The van der Waals surface area contributed by atoms with E-state index in [0.717, 1.165) is 70.7 Å². The average molecular weight is 773 g/mol. The van der Waals surface area contributed by atoms with Gasteiger partial charge in [-0.2, -0.15) is 0 Å². The number of hydrogen-bond donors (Lipinski definition) is 2. The Kier molecular flexibility index (Phi) is 44.5. The average Bonchev–Trinajstić information content (AvgIpc) is 3.16. The number of ether oxygens (including phenoxy) is 1. The molecule has 0 aromatic rings. The normalized spacial score (nSPS) is 13.2. The van der Waals surface area contributed by atoms with Gasteiger partial charge in [0.05, 0.1) is 13.0 Å². The van der Waals surface area contributed by atoms with Crippen molar-refractivity contribution in [3.63, 3.8) is 0 Å². The molecular formula is C43H88N4O3S2. The van der Waals surface area contributed by atoms with Crippen molar-refractivity contribution in [3.8, 4) is 0 Å². The lowest BCUT2D eigenvalue weighted by Crippen LogP contribution is -2.44. The molecule has 1 rings (SSSR count). The number of nitrogens with one attached hydrogen (secondary N) is 2. The van der Waals surface area contributed by atoms with Gasteiger partial charge in [0.2, 0.25) is 6.41 Å². The van der Waals surface area contributed by atoms with Gasteiger partial charge in [-0.3, -0.25) is 14.5 Å². The Labute approximate surface area is 332 Å². The maximum atomic E-state index is 12.2. The minimum absolute atomic E-state index is 0.0211. The number of amides is 1. The van der Waals surface area contributed by atoms with E-state index in [0.29, 0.717) is 13.0 Å². The molecule has 1 fully saturated rings. The first kappa shape index (κ1) is 51.5. The van der Waals surface area contributed by atoms with Crippen molar-refractivity contribution in [1.82, 2.24) is 20.4 Å². The van der Waals surface area contributed by atoms with Crippen molar-refractivity contribution >= 4 is 34.0 Å². The van der Waals surface area contributed by atoms with Gasteiger partial charge in [-0.05, 0) is 25.8 Å². The Morgan fingerprint density at radius 3 is 1.62 bits per heavy atom. The van der Waals surface area contributed by atoms with E-state index in [1.54, 1.807) is 0 Å². The molecule has 2 N–H and O–H groups in total. The molecule has 310 valence electrons. The summed E-state index contributed by atoms with van der Waals surface area (Å²) in [5, 5.41) is 6.11. The molecule has 1 aliphatic rings. The molecule has 1 amide bonds. The summed E-state index contributed by atoms with van der Waals surface area (Å²) in [7, 11) is 3.97. The molecular weight excluding hydrogens is 685 g/mol. The molecule has 0 bridgehead atoms. The van der Waals surface area contributed by atoms with Crippen LogP contribution in [0, 0.1) is 0 Å². The fraction of sp³-hybridized carbons (Fsp3) is 0.953. The molecule has 0 atom stereocenters. The molecule has 0 saturated carbocycles. The van der Waals surface area contributed by atoms with Crippen LogP contribution in [0.2, 0.25) is 0 Å². The maximum Gasteiger partial charge on any atom is 0.307 e. The third-order valence-electron chi connectivity index (χ3n) is 9.97. The second-order valence-corrected chi connectivity index (χ2v) is 17.6. The van der Waals surface area contributed by atoms with Crippen LogP contribution >= 0.6 is 21.6 Å². The molecule has 52 heavy (non-hydrogen) atoms. The van der Waals surface area contributed by atoms with Crippen molar-refractivity contribution in [3.05, 3.63) is 0 Å². The highest BCUT2D eigenvalue weighted by molar-refractivity contribution is 8.76. The summed E-state index contributed by atoms with van der Waals surface area (Å²) in [4.78, 5) is 27.1. The van der Waals surface area contributed by atoms with E-state index in [9.17, 15) is 9.59 Å². The van der Waals surface area contributed by atoms with Gasteiger partial charge in [0.25, 0.3) is 0 Å². The molecule has 0 aliphatic carbocycles. The molecule has 0 spiro atoms. The first-order valence-corrected chi connectivity index (χ1v) is 24.9. The van der Waals surface area contributed by atoms with Crippen LogP contribution in [-0.2, 0) is 14.3 Å². The van der Waals surface area contributed by atoms with E-state index in [1.165, 1.54) is 167 Å². The Hall–Kier alpha value is -0.480. The molecule has 1 heterocycles. The Bertz CT molecular complexity index is 716. The van der Waals surface area contributed by atoms with Crippen LogP contribution in [0.25, 0.3) is 0 Å². The van der Waals surface area contributed by atoms with Crippen molar-refractivity contribution in [2.75, 3.05) is 77.0 Å². The number of nitrogens with zero attached hydrogens (tertiary/aromatic N) is 2. The molecule has 0 aromatic heterocycles. The standard InChI is InChI=1S/C28H57N3O2S2.C15H31NO/c1-3-5-6-7-8-9-10-11-12-13-14-15-25-33-28(32)16-20-30(19-4-2)23-26-34-35-27-24-31-21-17-29-18-22-31;1-2-3-4-5-6-7-8-9-10-11-12-13-14-16-15-17/h29H,3-27H2,1-2H3;15H,2-14H2,1H3,(H,16,17). The van der Waals surface area contributed by atoms with Gasteiger partial charge < -0.3 is 20.3 Å². The van der Waals surface area contributed by atoms with Gasteiger partial charge in [0.1, 0.15) is 0 Å². The summed E-state index contributed by atoms with van der Waals surface area (Å²) < 4.78 is 5.49. The van der Waals surface area contributed by atoms with Gasteiger partial charge in [0.15, 0.2) is 0 Å². The van der Waals surface area contributed by atoms with Crippen molar-refractivity contribution in [2.45, 2.75) is 188 Å². The fourth-order valence-electron chi connectivity index (χ4n) is 6.61. The van der Waals surface area contributed by atoms with E-state index >= 15 is 0 Å².